The zero-order valence-corrected chi connectivity index (χ0v) is 8.92. The predicted molar refractivity (Wildman–Crippen MR) is 57.9 cm³/mol. The zero-order valence-electron chi connectivity index (χ0n) is 8.10. The van der Waals surface area contributed by atoms with Gasteiger partial charge in [0.2, 0.25) is 0 Å². The van der Waals surface area contributed by atoms with Gasteiger partial charge >= 0.3 is 0 Å². The highest BCUT2D eigenvalue weighted by Gasteiger charge is 2.06. The maximum atomic E-state index is 5.97. The maximum Gasteiger partial charge on any atom is 0.0298 e. The summed E-state index contributed by atoms with van der Waals surface area (Å²) in [5.74, 6) is 0.646. The number of pyridine rings is 1. The molecule has 0 fully saturated rings. The molecule has 3 heteroatoms. The molecule has 0 amide bonds. The highest BCUT2D eigenvalue weighted by Crippen LogP contribution is 2.17. The lowest BCUT2D eigenvalue weighted by atomic mass is 9.99. The molecule has 0 spiro atoms. The van der Waals surface area contributed by atoms with Gasteiger partial charge in [0.05, 0.1) is 0 Å². The average Bonchev–Trinajstić information content (AvgIpc) is 2.05. The number of nitrogens with zero attached hydrogens (tertiary/aromatic N) is 1. The van der Waals surface area contributed by atoms with Gasteiger partial charge < -0.3 is 5.73 Å². The maximum absolute atomic E-state index is 5.97. The SMILES string of the molecule is CC(C)C[C@H](N)c1ccncc1.Cl. The van der Waals surface area contributed by atoms with E-state index < -0.39 is 0 Å². The molecule has 0 bridgehead atoms. The summed E-state index contributed by atoms with van der Waals surface area (Å²) in [6.45, 7) is 4.36. The topological polar surface area (TPSA) is 38.9 Å². The Labute approximate surface area is 86.0 Å². The second-order valence-corrected chi connectivity index (χ2v) is 3.52. The molecule has 0 aliphatic rings. The Hall–Kier alpha value is -0.600. The van der Waals surface area contributed by atoms with Crippen LogP contribution in [0.15, 0.2) is 24.5 Å². The fourth-order valence-corrected chi connectivity index (χ4v) is 1.25. The number of nitrogens with two attached hydrogens (primary N) is 1. The zero-order chi connectivity index (χ0) is 8.97. The van der Waals surface area contributed by atoms with E-state index in [1.165, 1.54) is 5.56 Å². The first-order valence-corrected chi connectivity index (χ1v) is 4.35. The van der Waals surface area contributed by atoms with E-state index in [1.807, 2.05) is 12.1 Å². The summed E-state index contributed by atoms with van der Waals surface area (Å²) in [6, 6.07) is 4.12. The highest BCUT2D eigenvalue weighted by atomic mass is 35.5. The van der Waals surface area contributed by atoms with E-state index in [-0.39, 0.29) is 18.4 Å². The fourth-order valence-electron chi connectivity index (χ4n) is 1.25. The molecule has 0 aliphatic carbocycles. The average molecular weight is 201 g/mol. The molecule has 2 nitrogen and oxygen atoms in total. The Balaban J connectivity index is 0.00000144. The monoisotopic (exact) mass is 200 g/mol. The number of hydrogen-bond acceptors (Lipinski definition) is 2. The third kappa shape index (κ3) is 4.25. The van der Waals surface area contributed by atoms with Gasteiger partial charge in [-0.2, -0.15) is 0 Å². The molecule has 0 unspecified atom stereocenters. The van der Waals surface area contributed by atoms with Gasteiger partial charge in [-0.05, 0) is 30.0 Å². The van der Waals surface area contributed by atoms with Gasteiger partial charge in [-0.15, -0.1) is 12.4 Å². The summed E-state index contributed by atoms with van der Waals surface area (Å²) in [4.78, 5) is 3.95. The van der Waals surface area contributed by atoms with Crippen LogP contribution in [-0.4, -0.2) is 4.98 Å². The van der Waals surface area contributed by atoms with Crippen LogP contribution >= 0.6 is 12.4 Å². The van der Waals surface area contributed by atoms with Crippen LogP contribution in [0.2, 0.25) is 0 Å². The van der Waals surface area contributed by atoms with Crippen molar-refractivity contribution < 1.29 is 0 Å². The number of rotatable bonds is 3. The molecule has 0 saturated carbocycles. The van der Waals surface area contributed by atoms with E-state index in [2.05, 4.69) is 18.8 Å². The standard InChI is InChI=1S/C10H16N2.ClH/c1-8(2)7-10(11)9-3-5-12-6-4-9;/h3-6,8,10H,7,11H2,1-2H3;1H/t10-;/m0./s1. The van der Waals surface area contributed by atoms with Crippen LogP contribution in [0.5, 0.6) is 0 Å². The van der Waals surface area contributed by atoms with Gasteiger partial charge in [-0.1, -0.05) is 13.8 Å². The molecule has 74 valence electrons. The molecule has 0 radical (unpaired) electrons. The molecule has 1 atom stereocenters. The minimum Gasteiger partial charge on any atom is -0.324 e. The first kappa shape index (κ1) is 12.4. The van der Waals surface area contributed by atoms with Crippen LogP contribution in [0.1, 0.15) is 31.9 Å². The van der Waals surface area contributed by atoms with Crippen molar-refractivity contribution in [1.29, 1.82) is 0 Å². The van der Waals surface area contributed by atoms with Crippen LogP contribution in [0.25, 0.3) is 0 Å². The van der Waals surface area contributed by atoms with E-state index in [1.54, 1.807) is 12.4 Å². The minimum absolute atomic E-state index is 0. The first-order valence-electron chi connectivity index (χ1n) is 4.35. The van der Waals surface area contributed by atoms with Crippen molar-refractivity contribution in [2.75, 3.05) is 0 Å². The molecule has 0 aromatic carbocycles. The van der Waals surface area contributed by atoms with Crippen molar-refractivity contribution in [2.24, 2.45) is 11.7 Å². The lowest BCUT2D eigenvalue weighted by Crippen LogP contribution is -2.12. The second-order valence-electron chi connectivity index (χ2n) is 3.52. The Morgan fingerprint density at radius 2 is 1.85 bits per heavy atom. The van der Waals surface area contributed by atoms with Gasteiger partial charge in [0.25, 0.3) is 0 Å². The molecule has 1 heterocycles. The molecule has 1 rings (SSSR count). The quantitative estimate of drug-likeness (QED) is 0.815. The van der Waals surface area contributed by atoms with E-state index >= 15 is 0 Å². The summed E-state index contributed by atoms with van der Waals surface area (Å²) in [6.07, 6.45) is 4.61. The Morgan fingerprint density at radius 3 is 2.31 bits per heavy atom. The Morgan fingerprint density at radius 1 is 1.31 bits per heavy atom. The molecule has 2 N–H and O–H groups in total. The minimum atomic E-state index is 0. The van der Waals surface area contributed by atoms with Gasteiger partial charge in [0.1, 0.15) is 0 Å². The van der Waals surface area contributed by atoms with Crippen LogP contribution < -0.4 is 5.73 Å². The van der Waals surface area contributed by atoms with Gasteiger partial charge in [0.15, 0.2) is 0 Å². The predicted octanol–water partition coefficient (Wildman–Crippen LogP) is 2.55. The van der Waals surface area contributed by atoms with E-state index in [9.17, 15) is 0 Å². The largest absolute Gasteiger partial charge is 0.324 e. The van der Waals surface area contributed by atoms with Crippen molar-refractivity contribution in [3.05, 3.63) is 30.1 Å². The summed E-state index contributed by atoms with van der Waals surface area (Å²) in [7, 11) is 0. The highest BCUT2D eigenvalue weighted by molar-refractivity contribution is 5.85. The van der Waals surface area contributed by atoms with Crippen LogP contribution in [-0.2, 0) is 0 Å². The lowest BCUT2D eigenvalue weighted by Gasteiger charge is -2.13. The molecule has 0 saturated heterocycles. The van der Waals surface area contributed by atoms with Crippen LogP contribution in [0.3, 0.4) is 0 Å². The van der Waals surface area contributed by atoms with E-state index in [4.69, 9.17) is 5.73 Å². The Kier molecular flexibility index (Phi) is 5.67. The summed E-state index contributed by atoms with van der Waals surface area (Å²) in [5, 5.41) is 0. The third-order valence-corrected chi connectivity index (χ3v) is 1.86. The van der Waals surface area contributed by atoms with Crippen LogP contribution in [0.4, 0.5) is 0 Å². The van der Waals surface area contributed by atoms with Crippen LogP contribution in [0, 0.1) is 5.92 Å². The summed E-state index contributed by atoms with van der Waals surface area (Å²) in [5.41, 5.74) is 7.15. The lowest BCUT2D eigenvalue weighted by molar-refractivity contribution is 0.509. The third-order valence-electron chi connectivity index (χ3n) is 1.86. The Bertz CT molecular complexity index is 224. The molecule has 1 aromatic rings. The van der Waals surface area contributed by atoms with Crippen molar-refractivity contribution in [1.82, 2.24) is 4.98 Å². The number of halogens is 1. The van der Waals surface area contributed by atoms with Crippen molar-refractivity contribution in [3.63, 3.8) is 0 Å². The number of aromatic nitrogens is 1. The van der Waals surface area contributed by atoms with Crippen molar-refractivity contribution in [2.45, 2.75) is 26.3 Å². The van der Waals surface area contributed by atoms with Gasteiger partial charge in [0, 0.05) is 18.4 Å². The second kappa shape index (κ2) is 5.95. The van der Waals surface area contributed by atoms with E-state index in [0.29, 0.717) is 5.92 Å². The normalized spacial score (nSPS) is 12.3. The van der Waals surface area contributed by atoms with Gasteiger partial charge in [-0.3, -0.25) is 4.98 Å². The van der Waals surface area contributed by atoms with E-state index in [0.717, 1.165) is 6.42 Å². The molecular weight excluding hydrogens is 184 g/mol. The molecule has 13 heavy (non-hydrogen) atoms. The smallest absolute Gasteiger partial charge is 0.0298 e. The molecule has 0 aliphatic heterocycles. The first-order chi connectivity index (χ1) is 5.70. The number of hydrogen-bond donors (Lipinski definition) is 1. The fraction of sp³-hybridized carbons (Fsp3) is 0.500. The summed E-state index contributed by atoms with van der Waals surface area (Å²) < 4.78 is 0. The molecule has 1 aromatic heterocycles. The van der Waals surface area contributed by atoms with Crippen molar-refractivity contribution >= 4 is 12.4 Å². The van der Waals surface area contributed by atoms with Gasteiger partial charge in [-0.25, -0.2) is 0 Å². The summed E-state index contributed by atoms with van der Waals surface area (Å²) >= 11 is 0. The molecular formula is C10H17ClN2. The van der Waals surface area contributed by atoms with Crippen molar-refractivity contribution in [3.8, 4) is 0 Å².